The van der Waals surface area contributed by atoms with Crippen molar-refractivity contribution in [3.63, 3.8) is 0 Å². The number of rotatable bonds is 3. The summed E-state index contributed by atoms with van der Waals surface area (Å²) >= 11 is 0. The summed E-state index contributed by atoms with van der Waals surface area (Å²) in [6.07, 6.45) is 1.79. The van der Waals surface area contributed by atoms with Gasteiger partial charge < -0.3 is 10.7 Å². The van der Waals surface area contributed by atoms with E-state index in [-0.39, 0.29) is 5.92 Å². The van der Waals surface area contributed by atoms with Crippen LogP contribution in [-0.4, -0.2) is 21.5 Å². The van der Waals surface area contributed by atoms with Crippen molar-refractivity contribution >= 4 is 11.2 Å². The van der Waals surface area contributed by atoms with Gasteiger partial charge in [-0.05, 0) is 24.5 Å². The zero-order valence-electron chi connectivity index (χ0n) is 9.99. The Kier molecular flexibility index (Phi) is 2.92. The maximum absolute atomic E-state index is 5.79. The van der Waals surface area contributed by atoms with Gasteiger partial charge >= 0.3 is 0 Å². The highest BCUT2D eigenvalue weighted by atomic mass is 15.0. The van der Waals surface area contributed by atoms with Crippen LogP contribution >= 0.6 is 0 Å². The summed E-state index contributed by atoms with van der Waals surface area (Å²) in [5, 5.41) is 0. The summed E-state index contributed by atoms with van der Waals surface area (Å²) in [7, 11) is 0. The Morgan fingerprint density at radius 2 is 2.19 bits per heavy atom. The molecule has 0 saturated heterocycles. The third-order valence-electron chi connectivity index (χ3n) is 3.03. The van der Waals surface area contributed by atoms with Crippen LogP contribution in [0.2, 0.25) is 0 Å². The molecule has 4 nitrogen and oxygen atoms in total. The van der Waals surface area contributed by atoms with Gasteiger partial charge in [-0.3, -0.25) is 0 Å². The van der Waals surface area contributed by atoms with Crippen molar-refractivity contribution in [1.29, 1.82) is 0 Å². The van der Waals surface area contributed by atoms with Crippen LogP contribution in [0.3, 0.4) is 0 Å². The number of nitrogens with two attached hydrogens (primary N) is 1. The second-order valence-electron chi connectivity index (χ2n) is 4.53. The van der Waals surface area contributed by atoms with Crippen molar-refractivity contribution in [2.75, 3.05) is 6.54 Å². The molecular weight excluding hydrogens is 200 g/mol. The molecule has 0 bridgehead atoms. The molecule has 0 saturated carbocycles. The number of hydrogen-bond donors (Lipinski definition) is 2. The maximum atomic E-state index is 5.79. The highest BCUT2D eigenvalue weighted by Gasteiger charge is 2.18. The number of nitrogens with one attached hydrogen (secondary N) is 1. The second-order valence-corrected chi connectivity index (χ2v) is 4.53. The van der Waals surface area contributed by atoms with Gasteiger partial charge in [0.1, 0.15) is 5.82 Å². The van der Waals surface area contributed by atoms with Crippen molar-refractivity contribution in [3.05, 3.63) is 23.7 Å². The highest BCUT2D eigenvalue weighted by Crippen LogP contribution is 2.23. The van der Waals surface area contributed by atoms with Gasteiger partial charge in [-0.25, -0.2) is 9.97 Å². The molecule has 3 N–H and O–H groups in total. The summed E-state index contributed by atoms with van der Waals surface area (Å²) < 4.78 is 0. The lowest BCUT2D eigenvalue weighted by atomic mass is 9.95. The maximum Gasteiger partial charge on any atom is 0.177 e. The van der Waals surface area contributed by atoms with E-state index in [0.29, 0.717) is 12.5 Å². The average molecular weight is 218 g/mol. The minimum Gasteiger partial charge on any atom is -0.340 e. The number of imidazole rings is 1. The van der Waals surface area contributed by atoms with Gasteiger partial charge in [0, 0.05) is 18.7 Å². The lowest BCUT2D eigenvalue weighted by molar-refractivity contribution is 0.488. The Labute approximate surface area is 95.3 Å². The van der Waals surface area contributed by atoms with Crippen LogP contribution in [0.5, 0.6) is 0 Å². The molecule has 0 aromatic carbocycles. The molecule has 0 fully saturated rings. The highest BCUT2D eigenvalue weighted by molar-refractivity contribution is 5.74. The topological polar surface area (TPSA) is 67.6 Å². The third-order valence-corrected chi connectivity index (χ3v) is 3.03. The van der Waals surface area contributed by atoms with Gasteiger partial charge in [0.25, 0.3) is 0 Å². The normalized spacial score (nSPS) is 13.6. The van der Waals surface area contributed by atoms with Gasteiger partial charge in [-0.2, -0.15) is 0 Å². The van der Waals surface area contributed by atoms with E-state index in [1.54, 1.807) is 6.20 Å². The summed E-state index contributed by atoms with van der Waals surface area (Å²) in [6.45, 7) is 6.98. The Bertz CT molecular complexity index is 487. The van der Waals surface area contributed by atoms with Gasteiger partial charge in [0.2, 0.25) is 0 Å². The van der Waals surface area contributed by atoms with E-state index in [0.717, 1.165) is 17.0 Å². The van der Waals surface area contributed by atoms with E-state index in [2.05, 4.69) is 35.7 Å². The van der Waals surface area contributed by atoms with Crippen molar-refractivity contribution in [1.82, 2.24) is 15.0 Å². The average Bonchev–Trinajstić information content (AvgIpc) is 2.63. The van der Waals surface area contributed by atoms with E-state index in [4.69, 9.17) is 5.73 Å². The Morgan fingerprint density at radius 3 is 2.75 bits per heavy atom. The molecule has 1 unspecified atom stereocenters. The third kappa shape index (κ3) is 1.80. The summed E-state index contributed by atoms with van der Waals surface area (Å²) in [6, 6.07) is 1.98. The van der Waals surface area contributed by atoms with Crippen molar-refractivity contribution in [3.8, 4) is 0 Å². The first-order valence-electron chi connectivity index (χ1n) is 5.64. The zero-order valence-corrected chi connectivity index (χ0v) is 9.99. The van der Waals surface area contributed by atoms with E-state index in [1.165, 1.54) is 5.56 Å². The largest absolute Gasteiger partial charge is 0.340 e. The Hall–Kier alpha value is -1.42. The number of pyridine rings is 1. The van der Waals surface area contributed by atoms with E-state index in [1.807, 2.05) is 6.07 Å². The molecule has 0 spiro atoms. The minimum absolute atomic E-state index is 0.272. The molecule has 0 amide bonds. The number of hydrogen-bond acceptors (Lipinski definition) is 3. The molecule has 4 heteroatoms. The fourth-order valence-electron chi connectivity index (χ4n) is 1.93. The molecule has 0 aliphatic carbocycles. The number of nitrogens with zero attached hydrogens (tertiary/aromatic N) is 2. The smallest absolute Gasteiger partial charge is 0.177 e. The van der Waals surface area contributed by atoms with Crippen LogP contribution in [0.4, 0.5) is 0 Å². The number of H-pyrrole nitrogens is 1. The number of aromatic amines is 1. The summed E-state index contributed by atoms with van der Waals surface area (Å²) in [4.78, 5) is 12.1. The van der Waals surface area contributed by atoms with Gasteiger partial charge in [-0.1, -0.05) is 13.8 Å². The van der Waals surface area contributed by atoms with E-state index < -0.39 is 0 Å². The van der Waals surface area contributed by atoms with Gasteiger partial charge in [0.05, 0.1) is 5.52 Å². The molecule has 2 aromatic rings. The monoisotopic (exact) mass is 218 g/mol. The zero-order chi connectivity index (χ0) is 11.7. The molecule has 16 heavy (non-hydrogen) atoms. The molecule has 2 rings (SSSR count). The second kappa shape index (κ2) is 4.22. The number of fused-ring (bicyclic) bond motifs is 1. The standard InChI is InChI=1S/C12H18N4/c1-7(2)9(6-13)11-15-10-8(3)4-5-14-12(10)16-11/h4-5,7,9H,6,13H2,1-3H3,(H,14,15,16). The van der Waals surface area contributed by atoms with Crippen LogP contribution in [0.25, 0.3) is 11.2 Å². The molecule has 2 heterocycles. The number of aryl methyl sites for hydroxylation is 1. The van der Waals surface area contributed by atoms with Crippen LogP contribution in [0, 0.1) is 12.8 Å². The molecular formula is C12H18N4. The quantitative estimate of drug-likeness (QED) is 0.827. The lowest BCUT2D eigenvalue weighted by Crippen LogP contribution is -2.19. The van der Waals surface area contributed by atoms with Crippen LogP contribution < -0.4 is 5.73 Å². The predicted molar refractivity (Wildman–Crippen MR) is 65.3 cm³/mol. The summed E-state index contributed by atoms with van der Waals surface area (Å²) in [5.74, 6) is 1.70. The van der Waals surface area contributed by atoms with Gasteiger partial charge in [-0.15, -0.1) is 0 Å². The number of aromatic nitrogens is 3. The fourth-order valence-corrected chi connectivity index (χ4v) is 1.93. The summed E-state index contributed by atoms with van der Waals surface area (Å²) in [5.41, 5.74) is 8.77. The minimum atomic E-state index is 0.272. The molecule has 2 aromatic heterocycles. The van der Waals surface area contributed by atoms with E-state index >= 15 is 0 Å². The molecule has 0 aliphatic heterocycles. The van der Waals surface area contributed by atoms with Crippen LogP contribution in [0.1, 0.15) is 31.2 Å². The van der Waals surface area contributed by atoms with Crippen LogP contribution in [-0.2, 0) is 0 Å². The van der Waals surface area contributed by atoms with Crippen molar-refractivity contribution in [2.24, 2.45) is 11.7 Å². The first-order valence-corrected chi connectivity index (χ1v) is 5.64. The molecule has 0 aliphatic rings. The fraction of sp³-hybridized carbons (Fsp3) is 0.500. The van der Waals surface area contributed by atoms with Crippen molar-refractivity contribution < 1.29 is 0 Å². The predicted octanol–water partition coefficient (Wildman–Crippen LogP) is 1.96. The Balaban J connectivity index is 2.50. The molecule has 86 valence electrons. The first-order chi connectivity index (χ1) is 7.63. The van der Waals surface area contributed by atoms with Crippen LogP contribution in [0.15, 0.2) is 12.3 Å². The lowest BCUT2D eigenvalue weighted by Gasteiger charge is -2.15. The Morgan fingerprint density at radius 1 is 1.44 bits per heavy atom. The van der Waals surface area contributed by atoms with Crippen molar-refractivity contribution in [2.45, 2.75) is 26.7 Å². The van der Waals surface area contributed by atoms with Gasteiger partial charge in [0.15, 0.2) is 5.65 Å². The molecule has 0 radical (unpaired) electrons. The SMILES string of the molecule is Cc1ccnc2nc(C(CN)C(C)C)[nH]c12. The van der Waals surface area contributed by atoms with E-state index in [9.17, 15) is 0 Å². The first kappa shape index (κ1) is 11.1. The molecule has 1 atom stereocenters.